The number of aliphatic hydroxyl groups excluding tert-OH is 1. The van der Waals surface area contributed by atoms with Gasteiger partial charge in [0.15, 0.2) is 0 Å². The molecule has 1 aromatic carbocycles. The van der Waals surface area contributed by atoms with Crippen LogP contribution in [-0.2, 0) is 9.47 Å². The molecule has 0 bridgehead atoms. The van der Waals surface area contributed by atoms with E-state index in [0.29, 0.717) is 18.4 Å². The van der Waals surface area contributed by atoms with Gasteiger partial charge in [0, 0.05) is 11.8 Å². The van der Waals surface area contributed by atoms with Crippen molar-refractivity contribution in [2.45, 2.75) is 45.0 Å². The third-order valence-electron chi connectivity index (χ3n) is 4.34. The molecule has 0 radical (unpaired) electrons. The van der Waals surface area contributed by atoms with Gasteiger partial charge in [-0.05, 0) is 18.6 Å². The van der Waals surface area contributed by atoms with Crippen molar-refractivity contribution in [2.75, 3.05) is 6.61 Å². The highest BCUT2D eigenvalue weighted by molar-refractivity contribution is 5.89. The minimum atomic E-state index is -0.343. The maximum Gasteiger partial charge on any atom is 0.338 e. The van der Waals surface area contributed by atoms with Gasteiger partial charge in [0.25, 0.3) is 0 Å². The summed E-state index contributed by atoms with van der Waals surface area (Å²) >= 11 is 0. The number of carbonyl (C=O) groups is 1. The van der Waals surface area contributed by atoms with Crippen LogP contribution in [-0.4, -0.2) is 36.0 Å². The fraction of sp³-hybridized carbons (Fsp3) is 0.500. The maximum absolute atomic E-state index is 12.3. The van der Waals surface area contributed by atoms with Crippen molar-refractivity contribution >= 4 is 5.97 Å². The molecule has 1 aromatic rings. The summed E-state index contributed by atoms with van der Waals surface area (Å²) in [5.41, 5.74) is 0.190. The fourth-order valence-corrected chi connectivity index (χ4v) is 2.81. The van der Waals surface area contributed by atoms with Gasteiger partial charge in [0.1, 0.15) is 6.10 Å². The van der Waals surface area contributed by atoms with E-state index in [1.165, 1.54) is 0 Å². The Balaban J connectivity index is 2.15. The van der Waals surface area contributed by atoms with Gasteiger partial charge < -0.3 is 14.6 Å². The zero-order chi connectivity index (χ0) is 16.2. The molecule has 1 fully saturated rings. The van der Waals surface area contributed by atoms with Crippen molar-refractivity contribution in [3.05, 3.63) is 48.6 Å². The first kappa shape index (κ1) is 16.7. The van der Waals surface area contributed by atoms with Gasteiger partial charge in [0.2, 0.25) is 0 Å². The molecule has 3 atom stereocenters. The predicted molar refractivity (Wildman–Crippen MR) is 84.6 cm³/mol. The molecule has 0 aliphatic carbocycles. The van der Waals surface area contributed by atoms with Gasteiger partial charge in [-0.15, -0.1) is 6.58 Å². The van der Waals surface area contributed by atoms with E-state index in [9.17, 15) is 9.90 Å². The summed E-state index contributed by atoms with van der Waals surface area (Å²) < 4.78 is 11.6. The van der Waals surface area contributed by atoms with Crippen LogP contribution >= 0.6 is 0 Å². The highest BCUT2D eigenvalue weighted by Gasteiger charge is 2.46. The Morgan fingerprint density at radius 3 is 2.73 bits per heavy atom. The van der Waals surface area contributed by atoms with E-state index >= 15 is 0 Å². The van der Waals surface area contributed by atoms with Gasteiger partial charge in [-0.3, -0.25) is 0 Å². The SMILES string of the molecule is C=CC[C@H]1O[C@H](CO)C[C@@H](OC(=O)c2ccccc2)C1(C)C. The van der Waals surface area contributed by atoms with Crippen molar-refractivity contribution in [3.63, 3.8) is 0 Å². The number of rotatable bonds is 5. The molecule has 2 rings (SSSR count). The van der Waals surface area contributed by atoms with Crippen LogP contribution in [0.1, 0.15) is 37.0 Å². The van der Waals surface area contributed by atoms with E-state index in [1.54, 1.807) is 18.2 Å². The van der Waals surface area contributed by atoms with Crippen LogP contribution < -0.4 is 0 Å². The monoisotopic (exact) mass is 304 g/mol. The quantitative estimate of drug-likeness (QED) is 0.671. The first-order valence-corrected chi connectivity index (χ1v) is 7.62. The zero-order valence-corrected chi connectivity index (χ0v) is 13.2. The number of benzene rings is 1. The molecule has 0 aromatic heterocycles. The number of hydrogen-bond donors (Lipinski definition) is 1. The summed E-state index contributed by atoms with van der Waals surface area (Å²) in [5, 5.41) is 9.42. The molecule has 120 valence electrons. The van der Waals surface area contributed by atoms with Crippen LogP contribution in [0.25, 0.3) is 0 Å². The van der Waals surface area contributed by atoms with E-state index in [2.05, 4.69) is 6.58 Å². The summed E-state index contributed by atoms with van der Waals surface area (Å²) in [5.74, 6) is -0.338. The Labute approximate surface area is 131 Å². The highest BCUT2D eigenvalue weighted by atomic mass is 16.6. The van der Waals surface area contributed by atoms with E-state index < -0.39 is 0 Å². The first-order chi connectivity index (χ1) is 10.5. The van der Waals surface area contributed by atoms with E-state index in [4.69, 9.17) is 9.47 Å². The third kappa shape index (κ3) is 3.57. The van der Waals surface area contributed by atoms with Crippen LogP contribution in [0.4, 0.5) is 0 Å². The molecule has 0 unspecified atom stereocenters. The third-order valence-corrected chi connectivity index (χ3v) is 4.34. The first-order valence-electron chi connectivity index (χ1n) is 7.62. The van der Waals surface area contributed by atoms with Gasteiger partial charge in [-0.25, -0.2) is 4.79 Å². The molecule has 4 heteroatoms. The summed E-state index contributed by atoms with van der Waals surface area (Å²) in [6, 6.07) is 8.95. The van der Waals surface area contributed by atoms with Gasteiger partial charge in [-0.2, -0.15) is 0 Å². The molecular weight excluding hydrogens is 280 g/mol. The van der Waals surface area contributed by atoms with Gasteiger partial charge in [0.05, 0.1) is 24.4 Å². The second-order valence-corrected chi connectivity index (χ2v) is 6.27. The Morgan fingerprint density at radius 2 is 2.14 bits per heavy atom. The van der Waals surface area contributed by atoms with Crippen molar-refractivity contribution in [1.29, 1.82) is 0 Å². The minimum absolute atomic E-state index is 0.0802. The average molecular weight is 304 g/mol. The number of carbonyl (C=O) groups excluding carboxylic acids is 1. The van der Waals surface area contributed by atoms with Crippen LogP contribution in [0, 0.1) is 5.41 Å². The minimum Gasteiger partial charge on any atom is -0.458 e. The Hall–Kier alpha value is -1.65. The summed E-state index contributed by atoms with van der Waals surface area (Å²) in [4.78, 5) is 12.3. The molecule has 22 heavy (non-hydrogen) atoms. The predicted octanol–water partition coefficient (Wildman–Crippen LogP) is 2.96. The summed E-state index contributed by atoms with van der Waals surface area (Å²) in [6.07, 6.45) is 2.19. The van der Waals surface area contributed by atoms with Crippen LogP contribution in [0.3, 0.4) is 0 Å². The molecule has 1 N–H and O–H groups in total. The van der Waals surface area contributed by atoms with Crippen LogP contribution in [0.2, 0.25) is 0 Å². The fourth-order valence-electron chi connectivity index (χ4n) is 2.81. The smallest absolute Gasteiger partial charge is 0.338 e. The standard InChI is InChI=1S/C18H24O4/c1-4-8-15-18(2,3)16(11-14(12-19)21-15)22-17(20)13-9-6-5-7-10-13/h4-7,9-10,14-16,19H,1,8,11-12H2,2-3H3/t14-,15+,16+/m0/s1. The largest absolute Gasteiger partial charge is 0.458 e. The highest BCUT2D eigenvalue weighted by Crippen LogP contribution is 2.40. The lowest BCUT2D eigenvalue weighted by Crippen LogP contribution is -2.52. The van der Waals surface area contributed by atoms with Crippen LogP contribution in [0.5, 0.6) is 0 Å². The lowest BCUT2D eigenvalue weighted by molar-refractivity contribution is -0.181. The molecule has 1 aliphatic heterocycles. The number of esters is 1. The lowest BCUT2D eigenvalue weighted by Gasteiger charge is -2.46. The zero-order valence-electron chi connectivity index (χ0n) is 13.2. The molecule has 0 saturated carbocycles. The van der Waals surface area contributed by atoms with E-state index in [1.807, 2.05) is 32.0 Å². The number of hydrogen-bond acceptors (Lipinski definition) is 4. The Morgan fingerprint density at radius 1 is 1.45 bits per heavy atom. The molecule has 4 nitrogen and oxygen atoms in total. The summed E-state index contributed by atoms with van der Waals surface area (Å²) in [7, 11) is 0. The topological polar surface area (TPSA) is 55.8 Å². The second kappa shape index (κ2) is 7.07. The van der Waals surface area contributed by atoms with Crippen molar-refractivity contribution in [3.8, 4) is 0 Å². The van der Waals surface area contributed by atoms with Crippen molar-refractivity contribution in [1.82, 2.24) is 0 Å². The normalized spacial score (nSPS) is 27.1. The Kier molecular flexibility index (Phi) is 5.37. The molecule has 0 spiro atoms. The molecule has 0 amide bonds. The molecular formula is C18H24O4. The van der Waals surface area contributed by atoms with Gasteiger partial charge in [-0.1, -0.05) is 38.1 Å². The number of ether oxygens (including phenoxy) is 2. The van der Waals surface area contributed by atoms with Crippen molar-refractivity contribution in [2.24, 2.45) is 5.41 Å². The van der Waals surface area contributed by atoms with Crippen molar-refractivity contribution < 1.29 is 19.4 Å². The summed E-state index contributed by atoms with van der Waals surface area (Å²) in [6.45, 7) is 7.73. The van der Waals surface area contributed by atoms with E-state index in [-0.39, 0.29) is 36.3 Å². The number of aliphatic hydroxyl groups is 1. The Bertz CT molecular complexity index is 509. The van der Waals surface area contributed by atoms with E-state index in [0.717, 1.165) is 0 Å². The second-order valence-electron chi connectivity index (χ2n) is 6.27. The van der Waals surface area contributed by atoms with Gasteiger partial charge >= 0.3 is 5.97 Å². The molecule has 1 saturated heterocycles. The maximum atomic E-state index is 12.3. The molecule has 1 aliphatic rings. The molecule has 1 heterocycles. The average Bonchev–Trinajstić information content (AvgIpc) is 2.52. The lowest BCUT2D eigenvalue weighted by atomic mass is 9.75. The van der Waals surface area contributed by atoms with Crippen LogP contribution in [0.15, 0.2) is 43.0 Å².